The molecule has 0 saturated carbocycles. The van der Waals surface area contributed by atoms with Crippen molar-refractivity contribution in [3.05, 3.63) is 63.8 Å². The van der Waals surface area contributed by atoms with Gasteiger partial charge in [0.05, 0.1) is 6.04 Å². The Morgan fingerprint density at radius 3 is 2.64 bits per heavy atom. The monoisotopic (exact) mass is 360 g/mol. The van der Waals surface area contributed by atoms with E-state index in [-0.39, 0.29) is 28.5 Å². The maximum absolute atomic E-state index is 13.1. The van der Waals surface area contributed by atoms with Crippen LogP contribution in [0.15, 0.2) is 30.3 Å². The van der Waals surface area contributed by atoms with E-state index in [0.29, 0.717) is 12.1 Å². The minimum atomic E-state index is -0.385. The van der Waals surface area contributed by atoms with Crippen LogP contribution in [0.4, 0.5) is 4.39 Å². The van der Waals surface area contributed by atoms with Crippen LogP contribution in [0, 0.1) is 19.7 Å². The lowest BCUT2D eigenvalue weighted by molar-refractivity contribution is 0.0930. The highest BCUT2D eigenvalue weighted by Gasteiger charge is 2.22. The van der Waals surface area contributed by atoms with Crippen LogP contribution in [0.1, 0.15) is 46.8 Å². The van der Waals surface area contributed by atoms with Crippen molar-refractivity contribution < 1.29 is 9.18 Å². The lowest BCUT2D eigenvalue weighted by atomic mass is 10.0. The van der Waals surface area contributed by atoms with E-state index < -0.39 is 0 Å². The Balaban J connectivity index is 1.92. The largest absolute Gasteiger partial charge is 0.344 e. The van der Waals surface area contributed by atoms with E-state index in [2.05, 4.69) is 15.4 Å². The SMILES string of the molecule is CCC(NC(=O)c1nn2c(C)cc(C)nc2c1Cl)c1ccc(F)cc1. The number of hydrogen-bond acceptors (Lipinski definition) is 3. The first-order chi connectivity index (χ1) is 11.9. The highest BCUT2D eigenvalue weighted by Crippen LogP contribution is 2.24. The van der Waals surface area contributed by atoms with Gasteiger partial charge in [-0.05, 0) is 44.0 Å². The molecule has 1 amide bonds. The van der Waals surface area contributed by atoms with Crippen LogP contribution >= 0.6 is 11.6 Å². The summed E-state index contributed by atoms with van der Waals surface area (Å²) in [5.41, 5.74) is 3.05. The zero-order valence-corrected chi connectivity index (χ0v) is 14.9. The molecular formula is C18H18ClFN4O. The van der Waals surface area contributed by atoms with Crippen LogP contribution < -0.4 is 5.32 Å². The van der Waals surface area contributed by atoms with Crippen LogP contribution in [-0.2, 0) is 0 Å². The van der Waals surface area contributed by atoms with Gasteiger partial charge in [0.2, 0.25) is 0 Å². The van der Waals surface area contributed by atoms with E-state index in [0.717, 1.165) is 17.0 Å². The summed E-state index contributed by atoms with van der Waals surface area (Å²) in [4.78, 5) is 17.0. The lowest BCUT2D eigenvalue weighted by Crippen LogP contribution is -2.28. The van der Waals surface area contributed by atoms with Crippen molar-refractivity contribution in [3.63, 3.8) is 0 Å². The third-order valence-electron chi connectivity index (χ3n) is 4.04. The Bertz CT molecular complexity index is 936. The number of nitrogens with one attached hydrogen (secondary N) is 1. The van der Waals surface area contributed by atoms with Gasteiger partial charge in [-0.3, -0.25) is 4.79 Å². The molecule has 130 valence electrons. The minimum Gasteiger partial charge on any atom is -0.344 e. The molecule has 3 rings (SSSR count). The smallest absolute Gasteiger partial charge is 0.273 e. The second-order valence-corrected chi connectivity index (χ2v) is 6.30. The van der Waals surface area contributed by atoms with Crippen LogP contribution in [0.5, 0.6) is 0 Å². The number of benzene rings is 1. The average molecular weight is 361 g/mol. The fourth-order valence-electron chi connectivity index (χ4n) is 2.78. The molecule has 7 heteroatoms. The Morgan fingerprint density at radius 1 is 1.32 bits per heavy atom. The zero-order chi connectivity index (χ0) is 18.1. The summed E-state index contributed by atoms with van der Waals surface area (Å²) in [6, 6.07) is 7.67. The molecule has 0 bridgehead atoms. The first kappa shape index (κ1) is 17.4. The maximum atomic E-state index is 13.1. The highest BCUT2D eigenvalue weighted by atomic mass is 35.5. The average Bonchev–Trinajstić information content (AvgIpc) is 2.91. The van der Waals surface area contributed by atoms with Gasteiger partial charge >= 0.3 is 0 Å². The molecule has 0 spiro atoms. The number of carbonyl (C=O) groups is 1. The Labute approximate surface area is 149 Å². The van der Waals surface area contributed by atoms with Crippen molar-refractivity contribution in [2.24, 2.45) is 0 Å². The van der Waals surface area contributed by atoms with Crippen molar-refractivity contribution in [3.8, 4) is 0 Å². The first-order valence-electron chi connectivity index (χ1n) is 7.99. The van der Waals surface area contributed by atoms with Gasteiger partial charge in [-0.15, -0.1) is 0 Å². The predicted octanol–water partition coefficient (Wildman–Crippen LogP) is 4.02. The normalized spacial score (nSPS) is 12.4. The fourth-order valence-corrected chi connectivity index (χ4v) is 3.03. The van der Waals surface area contributed by atoms with E-state index in [4.69, 9.17) is 11.6 Å². The Kier molecular flexibility index (Phi) is 4.72. The molecule has 0 saturated heterocycles. The fraction of sp³-hybridized carbons (Fsp3) is 0.278. The zero-order valence-electron chi connectivity index (χ0n) is 14.2. The second-order valence-electron chi connectivity index (χ2n) is 5.92. The molecule has 0 radical (unpaired) electrons. The van der Waals surface area contributed by atoms with Gasteiger partial charge in [0.25, 0.3) is 5.91 Å². The number of hydrogen-bond donors (Lipinski definition) is 1. The molecule has 0 aliphatic carbocycles. The standard InChI is InChI=1S/C18H18ClFN4O/c1-4-14(12-5-7-13(20)8-6-12)22-18(25)16-15(19)17-21-10(2)9-11(3)24(17)23-16/h5-9,14H,4H2,1-3H3,(H,22,25). The molecule has 25 heavy (non-hydrogen) atoms. The number of fused-ring (bicyclic) bond motifs is 1. The molecule has 3 aromatic rings. The summed E-state index contributed by atoms with van der Waals surface area (Å²) in [6.07, 6.45) is 0.652. The van der Waals surface area contributed by atoms with Crippen LogP contribution in [0.25, 0.3) is 5.65 Å². The summed E-state index contributed by atoms with van der Waals surface area (Å²) < 4.78 is 14.7. The molecule has 5 nitrogen and oxygen atoms in total. The number of rotatable bonds is 4. The van der Waals surface area contributed by atoms with Crippen molar-refractivity contribution in [1.82, 2.24) is 19.9 Å². The third-order valence-corrected chi connectivity index (χ3v) is 4.39. The topological polar surface area (TPSA) is 59.3 Å². The van der Waals surface area contributed by atoms with Crippen LogP contribution in [-0.4, -0.2) is 20.5 Å². The Hall–Kier alpha value is -2.47. The maximum Gasteiger partial charge on any atom is 0.273 e. The number of aryl methyl sites for hydroxylation is 2. The minimum absolute atomic E-state index is 0.128. The summed E-state index contributed by atoms with van der Waals surface area (Å²) >= 11 is 6.33. The number of nitrogens with zero attached hydrogens (tertiary/aromatic N) is 3. The summed E-state index contributed by atoms with van der Waals surface area (Å²) in [5.74, 6) is -0.700. The quantitative estimate of drug-likeness (QED) is 0.764. The van der Waals surface area contributed by atoms with Gasteiger partial charge in [-0.25, -0.2) is 13.9 Å². The van der Waals surface area contributed by atoms with Gasteiger partial charge in [0, 0.05) is 11.4 Å². The van der Waals surface area contributed by atoms with E-state index in [9.17, 15) is 9.18 Å². The number of amides is 1. The molecule has 1 unspecified atom stereocenters. The Morgan fingerprint density at radius 2 is 2.00 bits per heavy atom. The number of carbonyl (C=O) groups excluding carboxylic acids is 1. The number of halogens is 2. The molecule has 1 N–H and O–H groups in total. The van der Waals surface area contributed by atoms with E-state index in [1.165, 1.54) is 12.1 Å². The first-order valence-corrected chi connectivity index (χ1v) is 8.37. The number of aromatic nitrogens is 3. The van der Waals surface area contributed by atoms with Gasteiger partial charge in [-0.2, -0.15) is 5.10 Å². The molecule has 2 heterocycles. The van der Waals surface area contributed by atoms with Gasteiger partial charge < -0.3 is 5.32 Å². The van der Waals surface area contributed by atoms with Crippen molar-refractivity contribution in [2.75, 3.05) is 0 Å². The van der Waals surface area contributed by atoms with Crippen molar-refractivity contribution in [1.29, 1.82) is 0 Å². The van der Waals surface area contributed by atoms with Gasteiger partial charge in [0.15, 0.2) is 11.3 Å². The molecule has 0 aliphatic heterocycles. The van der Waals surface area contributed by atoms with Gasteiger partial charge in [0.1, 0.15) is 10.8 Å². The van der Waals surface area contributed by atoms with Gasteiger partial charge in [-0.1, -0.05) is 30.7 Å². The third kappa shape index (κ3) is 3.35. The van der Waals surface area contributed by atoms with Crippen LogP contribution in [0.3, 0.4) is 0 Å². The van der Waals surface area contributed by atoms with Crippen LogP contribution in [0.2, 0.25) is 5.02 Å². The second kappa shape index (κ2) is 6.80. The summed E-state index contributed by atoms with van der Waals surface area (Å²) in [6.45, 7) is 5.67. The van der Waals surface area contributed by atoms with E-state index in [1.807, 2.05) is 26.8 Å². The summed E-state index contributed by atoms with van der Waals surface area (Å²) in [5, 5.41) is 7.42. The molecule has 0 fully saturated rings. The molecule has 1 aromatic carbocycles. The molecule has 1 atom stereocenters. The molecular weight excluding hydrogens is 343 g/mol. The molecule has 2 aromatic heterocycles. The summed E-state index contributed by atoms with van der Waals surface area (Å²) in [7, 11) is 0. The highest BCUT2D eigenvalue weighted by molar-refractivity contribution is 6.36. The predicted molar refractivity (Wildman–Crippen MR) is 94.4 cm³/mol. The van der Waals surface area contributed by atoms with Crippen molar-refractivity contribution >= 4 is 23.2 Å². The van der Waals surface area contributed by atoms with E-state index >= 15 is 0 Å². The lowest BCUT2D eigenvalue weighted by Gasteiger charge is -2.16. The molecule has 0 aliphatic rings. The van der Waals surface area contributed by atoms with Crippen molar-refractivity contribution in [2.45, 2.75) is 33.2 Å². The van der Waals surface area contributed by atoms with E-state index in [1.54, 1.807) is 16.6 Å².